The zero-order valence-electron chi connectivity index (χ0n) is 9.69. The van der Waals surface area contributed by atoms with Crippen molar-refractivity contribution in [1.29, 1.82) is 0 Å². The number of rotatable bonds is 2. The molecule has 0 fully saturated rings. The van der Waals surface area contributed by atoms with E-state index in [1.54, 1.807) is 20.3 Å². The predicted octanol–water partition coefficient (Wildman–Crippen LogP) is 1.66. The minimum absolute atomic E-state index is 0.228. The van der Waals surface area contributed by atoms with E-state index in [1.165, 1.54) is 0 Å². The van der Waals surface area contributed by atoms with Gasteiger partial charge in [-0.3, -0.25) is 0 Å². The molecule has 0 aromatic heterocycles. The molecule has 0 saturated carbocycles. The van der Waals surface area contributed by atoms with Crippen molar-refractivity contribution in [2.45, 2.75) is 25.7 Å². The lowest BCUT2D eigenvalue weighted by molar-refractivity contribution is -0.0542. The van der Waals surface area contributed by atoms with Crippen LogP contribution in [0.25, 0.3) is 0 Å². The first-order chi connectivity index (χ1) is 7.69. The van der Waals surface area contributed by atoms with Crippen molar-refractivity contribution in [3.05, 3.63) is 23.3 Å². The minimum Gasteiger partial charge on any atom is -0.496 e. The fourth-order valence-electron chi connectivity index (χ4n) is 2.01. The van der Waals surface area contributed by atoms with Gasteiger partial charge in [0.15, 0.2) is 0 Å². The second-order valence-electron chi connectivity index (χ2n) is 3.82. The van der Waals surface area contributed by atoms with E-state index in [9.17, 15) is 5.11 Å². The molecule has 2 atom stereocenters. The highest BCUT2D eigenvalue weighted by Gasteiger charge is 2.30. The molecule has 0 unspecified atom stereocenters. The number of aliphatic hydroxyl groups is 1. The number of hydrogen-bond acceptors (Lipinski definition) is 4. The molecular formula is C12H16O4. The number of aliphatic hydroxyl groups excluding tert-OH is 1. The standard InChI is InChI=1S/C12H16O4/c1-7-12(13)11-8(6-16-7)9(14-2)4-5-10(11)15-3/h4-5,7,12-13H,6H2,1-3H3/t7-,12+/m1/s1. The summed E-state index contributed by atoms with van der Waals surface area (Å²) in [7, 11) is 3.20. The molecule has 0 bridgehead atoms. The van der Waals surface area contributed by atoms with Crippen LogP contribution in [-0.4, -0.2) is 25.4 Å². The summed E-state index contributed by atoms with van der Waals surface area (Å²) in [4.78, 5) is 0. The van der Waals surface area contributed by atoms with Gasteiger partial charge in [-0.15, -0.1) is 0 Å². The second kappa shape index (κ2) is 4.31. The summed E-state index contributed by atoms with van der Waals surface area (Å²) >= 11 is 0. The fraction of sp³-hybridized carbons (Fsp3) is 0.500. The Bertz CT molecular complexity index is 389. The maximum atomic E-state index is 10.1. The first-order valence-corrected chi connectivity index (χ1v) is 5.22. The van der Waals surface area contributed by atoms with Crippen LogP contribution in [0.4, 0.5) is 0 Å². The molecule has 1 aliphatic heterocycles. The normalized spacial score (nSPS) is 23.8. The third-order valence-electron chi connectivity index (χ3n) is 2.94. The average Bonchev–Trinajstić information content (AvgIpc) is 2.32. The maximum Gasteiger partial charge on any atom is 0.125 e. The lowest BCUT2D eigenvalue weighted by atomic mass is 9.95. The number of hydrogen-bond donors (Lipinski definition) is 1. The lowest BCUT2D eigenvalue weighted by Crippen LogP contribution is -2.26. The quantitative estimate of drug-likeness (QED) is 0.830. The van der Waals surface area contributed by atoms with Crippen LogP contribution in [0.5, 0.6) is 11.5 Å². The van der Waals surface area contributed by atoms with Crippen molar-refractivity contribution < 1.29 is 19.3 Å². The number of fused-ring (bicyclic) bond motifs is 1. The van der Waals surface area contributed by atoms with Crippen LogP contribution in [0.3, 0.4) is 0 Å². The average molecular weight is 224 g/mol. The summed E-state index contributed by atoms with van der Waals surface area (Å²) in [5, 5.41) is 10.1. The van der Waals surface area contributed by atoms with Crippen molar-refractivity contribution in [3.8, 4) is 11.5 Å². The van der Waals surface area contributed by atoms with E-state index in [2.05, 4.69) is 0 Å². The van der Waals surface area contributed by atoms with Crippen LogP contribution in [0.2, 0.25) is 0 Å². The smallest absolute Gasteiger partial charge is 0.125 e. The molecule has 1 aliphatic rings. The fourth-order valence-corrected chi connectivity index (χ4v) is 2.01. The van der Waals surface area contributed by atoms with Gasteiger partial charge in [-0.2, -0.15) is 0 Å². The topological polar surface area (TPSA) is 47.9 Å². The third-order valence-corrected chi connectivity index (χ3v) is 2.94. The van der Waals surface area contributed by atoms with E-state index in [-0.39, 0.29) is 6.10 Å². The Kier molecular flexibility index (Phi) is 3.03. The van der Waals surface area contributed by atoms with Crippen molar-refractivity contribution in [2.24, 2.45) is 0 Å². The molecule has 4 heteroatoms. The molecule has 4 nitrogen and oxygen atoms in total. The summed E-state index contributed by atoms with van der Waals surface area (Å²) in [5.74, 6) is 1.40. The van der Waals surface area contributed by atoms with E-state index in [1.807, 2.05) is 13.0 Å². The lowest BCUT2D eigenvalue weighted by Gasteiger charge is -2.30. The van der Waals surface area contributed by atoms with Gasteiger partial charge in [-0.25, -0.2) is 0 Å². The van der Waals surface area contributed by atoms with Gasteiger partial charge in [0.2, 0.25) is 0 Å². The largest absolute Gasteiger partial charge is 0.496 e. The van der Waals surface area contributed by atoms with E-state index in [4.69, 9.17) is 14.2 Å². The van der Waals surface area contributed by atoms with Gasteiger partial charge in [0.05, 0.1) is 26.9 Å². The zero-order chi connectivity index (χ0) is 11.7. The molecule has 0 spiro atoms. The van der Waals surface area contributed by atoms with Gasteiger partial charge >= 0.3 is 0 Å². The van der Waals surface area contributed by atoms with E-state index in [0.29, 0.717) is 12.4 Å². The predicted molar refractivity (Wildman–Crippen MR) is 58.8 cm³/mol. The summed E-state index contributed by atoms with van der Waals surface area (Å²) in [6.45, 7) is 2.28. The Labute approximate surface area is 94.8 Å². The van der Waals surface area contributed by atoms with Crippen molar-refractivity contribution >= 4 is 0 Å². The molecule has 2 rings (SSSR count). The highest BCUT2D eigenvalue weighted by Crippen LogP contribution is 2.40. The van der Waals surface area contributed by atoms with Crippen LogP contribution < -0.4 is 9.47 Å². The molecule has 1 aromatic carbocycles. The van der Waals surface area contributed by atoms with Gasteiger partial charge in [-0.1, -0.05) is 0 Å². The van der Waals surface area contributed by atoms with E-state index in [0.717, 1.165) is 16.9 Å². The Hall–Kier alpha value is -1.26. The first kappa shape index (κ1) is 11.2. The van der Waals surface area contributed by atoms with Crippen LogP contribution in [0.1, 0.15) is 24.2 Å². The Balaban J connectivity index is 2.57. The van der Waals surface area contributed by atoms with E-state index < -0.39 is 6.10 Å². The monoisotopic (exact) mass is 224 g/mol. The number of benzene rings is 1. The van der Waals surface area contributed by atoms with Crippen LogP contribution >= 0.6 is 0 Å². The molecular weight excluding hydrogens is 208 g/mol. The van der Waals surface area contributed by atoms with Crippen LogP contribution in [0.15, 0.2) is 12.1 Å². The Morgan fingerprint density at radius 2 is 1.88 bits per heavy atom. The molecule has 88 valence electrons. The third kappa shape index (κ3) is 1.64. The summed E-state index contributed by atoms with van der Waals surface area (Å²) in [6, 6.07) is 3.63. The van der Waals surface area contributed by atoms with Crippen molar-refractivity contribution in [3.63, 3.8) is 0 Å². The molecule has 1 N–H and O–H groups in total. The highest BCUT2D eigenvalue weighted by molar-refractivity contribution is 5.50. The van der Waals surface area contributed by atoms with Crippen LogP contribution in [0, 0.1) is 0 Å². The molecule has 16 heavy (non-hydrogen) atoms. The SMILES string of the molecule is COc1ccc(OC)c2c1CO[C@H](C)[C@@H]2O. The van der Waals surface area contributed by atoms with E-state index >= 15 is 0 Å². The maximum absolute atomic E-state index is 10.1. The minimum atomic E-state index is -0.672. The number of methoxy groups -OCH3 is 2. The van der Waals surface area contributed by atoms with Gasteiger partial charge in [-0.05, 0) is 19.1 Å². The summed E-state index contributed by atoms with van der Waals surface area (Å²) < 4.78 is 16.0. The molecule has 1 heterocycles. The molecule has 1 aromatic rings. The highest BCUT2D eigenvalue weighted by atomic mass is 16.5. The summed E-state index contributed by atoms with van der Waals surface area (Å²) in [5.41, 5.74) is 1.65. The summed E-state index contributed by atoms with van der Waals surface area (Å²) in [6.07, 6.45) is -0.901. The van der Waals surface area contributed by atoms with Crippen molar-refractivity contribution in [1.82, 2.24) is 0 Å². The Morgan fingerprint density at radius 3 is 2.50 bits per heavy atom. The Morgan fingerprint density at radius 1 is 1.25 bits per heavy atom. The van der Waals surface area contributed by atoms with Gasteiger partial charge < -0.3 is 19.3 Å². The second-order valence-corrected chi connectivity index (χ2v) is 3.82. The van der Waals surface area contributed by atoms with Crippen LogP contribution in [-0.2, 0) is 11.3 Å². The molecule has 0 radical (unpaired) electrons. The zero-order valence-corrected chi connectivity index (χ0v) is 9.69. The molecule has 0 saturated heterocycles. The molecule has 0 amide bonds. The van der Waals surface area contributed by atoms with Crippen molar-refractivity contribution in [2.75, 3.05) is 14.2 Å². The number of ether oxygens (including phenoxy) is 3. The van der Waals surface area contributed by atoms with Gasteiger partial charge in [0.1, 0.15) is 17.6 Å². The van der Waals surface area contributed by atoms with Gasteiger partial charge in [0.25, 0.3) is 0 Å². The first-order valence-electron chi connectivity index (χ1n) is 5.22. The molecule has 0 aliphatic carbocycles. The van der Waals surface area contributed by atoms with Gasteiger partial charge in [0, 0.05) is 11.1 Å².